The number of hydrogen-bond donors (Lipinski definition) is 2. The number of aliphatic hydroxyl groups excluding tert-OH is 1. The van der Waals surface area contributed by atoms with Crippen LogP contribution in [0.2, 0.25) is 0 Å². The number of phenols is 1. The molecule has 0 saturated carbocycles. The van der Waals surface area contributed by atoms with Crippen molar-refractivity contribution in [2.45, 2.75) is 38.2 Å². The third-order valence-electron chi connectivity index (χ3n) is 4.41. The molecule has 0 saturated heterocycles. The van der Waals surface area contributed by atoms with Crippen LogP contribution in [0.4, 0.5) is 0 Å². The fourth-order valence-electron chi connectivity index (χ4n) is 2.98. The summed E-state index contributed by atoms with van der Waals surface area (Å²) in [4.78, 5) is 12.1. The molecule has 0 radical (unpaired) electrons. The van der Waals surface area contributed by atoms with Gasteiger partial charge in [-0.05, 0) is 54.7 Å². The first-order valence-electron chi connectivity index (χ1n) is 8.44. The van der Waals surface area contributed by atoms with E-state index in [1.165, 1.54) is 6.07 Å². The second-order valence-corrected chi connectivity index (χ2v) is 6.28. The SMILES string of the molecule is COc1cc2ccc1Oc1cc(ccc1O)C(O)CC(=O)CCCC2. The van der Waals surface area contributed by atoms with Crippen molar-refractivity contribution < 1.29 is 24.5 Å². The maximum atomic E-state index is 12.1. The van der Waals surface area contributed by atoms with Gasteiger partial charge in [0.2, 0.25) is 0 Å². The molecule has 0 spiro atoms. The molecule has 5 nitrogen and oxygen atoms in total. The average Bonchev–Trinajstić information content (AvgIpc) is 2.61. The molecule has 1 unspecified atom stereocenters. The van der Waals surface area contributed by atoms with Crippen molar-refractivity contribution in [1.29, 1.82) is 0 Å². The fourth-order valence-corrected chi connectivity index (χ4v) is 2.98. The molecule has 2 N–H and O–H groups in total. The van der Waals surface area contributed by atoms with E-state index in [0.717, 1.165) is 24.8 Å². The molecular weight excluding hydrogens is 320 g/mol. The topological polar surface area (TPSA) is 76.0 Å². The van der Waals surface area contributed by atoms with E-state index in [0.29, 0.717) is 23.5 Å². The first-order valence-corrected chi connectivity index (χ1v) is 8.44. The normalized spacial score (nSPS) is 18.2. The lowest BCUT2D eigenvalue weighted by Crippen LogP contribution is -2.07. The van der Waals surface area contributed by atoms with E-state index in [1.807, 2.05) is 18.2 Å². The zero-order chi connectivity index (χ0) is 17.8. The van der Waals surface area contributed by atoms with Crippen LogP contribution in [0.15, 0.2) is 36.4 Å². The smallest absolute Gasteiger partial charge is 0.169 e. The summed E-state index contributed by atoms with van der Waals surface area (Å²) < 4.78 is 11.2. The van der Waals surface area contributed by atoms with Crippen molar-refractivity contribution in [3.63, 3.8) is 0 Å². The maximum absolute atomic E-state index is 12.1. The highest BCUT2D eigenvalue weighted by Gasteiger charge is 2.17. The predicted molar refractivity (Wildman–Crippen MR) is 93.3 cm³/mol. The molecule has 2 aliphatic heterocycles. The summed E-state index contributed by atoms with van der Waals surface area (Å²) in [7, 11) is 1.57. The number of rotatable bonds is 1. The molecule has 2 aromatic carbocycles. The minimum Gasteiger partial charge on any atom is -0.504 e. The number of methoxy groups -OCH3 is 1. The molecule has 0 amide bonds. The summed E-state index contributed by atoms with van der Waals surface area (Å²) in [5, 5.41) is 20.4. The number of fused-ring (bicyclic) bond motifs is 8. The summed E-state index contributed by atoms with van der Waals surface area (Å²) in [6.07, 6.45) is 2.12. The van der Waals surface area contributed by atoms with Gasteiger partial charge in [-0.15, -0.1) is 0 Å². The zero-order valence-electron chi connectivity index (χ0n) is 14.2. The Morgan fingerprint density at radius 1 is 1.08 bits per heavy atom. The monoisotopic (exact) mass is 342 g/mol. The second-order valence-electron chi connectivity index (χ2n) is 6.28. The Hall–Kier alpha value is -2.53. The van der Waals surface area contributed by atoms with Crippen LogP contribution in [-0.4, -0.2) is 23.1 Å². The number of carbonyl (C=O) groups is 1. The van der Waals surface area contributed by atoms with E-state index in [1.54, 1.807) is 19.2 Å². The van der Waals surface area contributed by atoms with Crippen LogP contribution >= 0.6 is 0 Å². The largest absolute Gasteiger partial charge is 0.504 e. The molecule has 2 aliphatic rings. The number of aromatic hydroxyl groups is 1. The number of aryl methyl sites for hydroxylation is 1. The van der Waals surface area contributed by atoms with Crippen molar-refractivity contribution in [2.75, 3.05) is 7.11 Å². The van der Waals surface area contributed by atoms with Gasteiger partial charge in [0.15, 0.2) is 23.0 Å². The van der Waals surface area contributed by atoms with Gasteiger partial charge in [0.05, 0.1) is 13.2 Å². The molecular formula is C20H22O5. The maximum Gasteiger partial charge on any atom is 0.169 e. The summed E-state index contributed by atoms with van der Waals surface area (Å²) in [5.41, 5.74) is 1.64. The summed E-state index contributed by atoms with van der Waals surface area (Å²) in [6, 6.07) is 10.3. The Morgan fingerprint density at radius 2 is 1.88 bits per heavy atom. The van der Waals surface area contributed by atoms with Gasteiger partial charge in [0.1, 0.15) is 5.78 Å². The molecule has 25 heavy (non-hydrogen) atoms. The van der Waals surface area contributed by atoms with E-state index in [9.17, 15) is 15.0 Å². The van der Waals surface area contributed by atoms with Crippen LogP contribution < -0.4 is 9.47 Å². The quantitative estimate of drug-likeness (QED) is 0.822. The van der Waals surface area contributed by atoms with E-state index in [4.69, 9.17) is 9.47 Å². The Morgan fingerprint density at radius 3 is 2.68 bits per heavy atom. The van der Waals surface area contributed by atoms with E-state index < -0.39 is 6.10 Å². The lowest BCUT2D eigenvalue weighted by molar-refractivity contribution is -0.121. The molecule has 4 bridgehead atoms. The Bertz CT molecular complexity index is 769. The molecule has 0 fully saturated rings. The second kappa shape index (κ2) is 7.57. The van der Waals surface area contributed by atoms with Crippen molar-refractivity contribution in [1.82, 2.24) is 0 Å². The van der Waals surface area contributed by atoms with Crippen molar-refractivity contribution in [3.8, 4) is 23.0 Å². The molecule has 132 valence electrons. The fraction of sp³-hybridized carbons (Fsp3) is 0.350. The van der Waals surface area contributed by atoms with Gasteiger partial charge in [-0.3, -0.25) is 4.79 Å². The highest BCUT2D eigenvalue weighted by Crippen LogP contribution is 2.38. The summed E-state index contributed by atoms with van der Waals surface area (Å²) >= 11 is 0. The Labute approximate surface area is 146 Å². The van der Waals surface area contributed by atoms with Gasteiger partial charge < -0.3 is 19.7 Å². The minimum absolute atomic E-state index is 0.0326. The highest BCUT2D eigenvalue weighted by atomic mass is 16.5. The lowest BCUT2D eigenvalue weighted by atomic mass is 10.00. The lowest BCUT2D eigenvalue weighted by Gasteiger charge is -2.15. The third kappa shape index (κ3) is 4.12. The molecule has 2 aromatic rings. The van der Waals surface area contributed by atoms with Crippen molar-refractivity contribution >= 4 is 5.78 Å². The number of hydrogen-bond acceptors (Lipinski definition) is 5. The summed E-state index contributed by atoms with van der Waals surface area (Å²) in [5.74, 6) is 1.26. The number of ether oxygens (including phenoxy) is 2. The molecule has 2 heterocycles. The van der Waals surface area contributed by atoms with Gasteiger partial charge in [-0.25, -0.2) is 0 Å². The molecule has 1 atom stereocenters. The summed E-state index contributed by atoms with van der Waals surface area (Å²) in [6.45, 7) is 0. The Kier molecular flexibility index (Phi) is 5.24. The molecule has 0 aromatic heterocycles. The van der Waals surface area contributed by atoms with Gasteiger partial charge in [-0.2, -0.15) is 0 Å². The number of ketones is 1. The van der Waals surface area contributed by atoms with Crippen LogP contribution in [0.25, 0.3) is 0 Å². The van der Waals surface area contributed by atoms with Gasteiger partial charge in [0.25, 0.3) is 0 Å². The number of aliphatic hydroxyl groups is 1. The van der Waals surface area contributed by atoms with Crippen molar-refractivity contribution in [2.24, 2.45) is 0 Å². The van der Waals surface area contributed by atoms with E-state index in [2.05, 4.69) is 0 Å². The van der Waals surface area contributed by atoms with E-state index in [-0.39, 0.29) is 23.7 Å². The van der Waals surface area contributed by atoms with Crippen LogP contribution in [0.5, 0.6) is 23.0 Å². The highest BCUT2D eigenvalue weighted by molar-refractivity contribution is 5.79. The molecule has 5 heteroatoms. The molecule has 0 aliphatic carbocycles. The third-order valence-corrected chi connectivity index (χ3v) is 4.41. The van der Waals surface area contributed by atoms with Crippen LogP contribution in [-0.2, 0) is 11.2 Å². The van der Waals surface area contributed by atoms with Crippen molar-refractivity contribution in [3.05, 3.63) is 47.5 Å². The average molecular weight is 342 g/mol. The first-order chi connectivity index (χ1) is 12.1. The van der Waals surface area contributed by atoms with Crippen LogP contribution in [0.1, 0.15) is 42.9 Å². The predicted octanol–water partition coefficient (Wildman–Crippen LogP) is 3.91. The van der Waals surface area contributed by atoms with Gasteiger partial charge >= 0.3 is 0 Å². The number of benzene rings is 2. The van der Waals surface area contributed by atoms with Gasteiger partial charge in [0, 0.05) is 12.8 Å². The number of Topliss-reactive ketones (excluding diaryl/α,β-unsaturated/α-hetero) is 1. The zero-order valence-corrected chi connectivity index (χ0v) is 14.2. The number of phenolic OH excluding ortho intramolecular Hbond substituents is 1. The van der Waals surface area contributed by atoms with Gasteiger partial charge in [-0.1, -0.05) is 12.1 Å². The standard InChI is InChI=1S/C20H22O5/c1-24-20-10-13-4-2-3-5-15(21)12-17(23)14-7-8-16(22)19(11-14)25-18(20)9-6-13/h6-11,17,22-23H,2-5,12H2,1H3. The molecule has 4 rings (SSSR count). The Balaban J connectivity index is 2.01. The van der Waals surface area contributed by atoms with Crippen LogP contribution in [0, 0.1) is 0 Å². The minimum atomic E-state index is -0.913. The first kappa shape index (κ1) is 17.3. The number of carbonyl (C=O) groups excluding carboxylic acids is 1. The van der Waals surface area contributed by atoms with E-state index >= 15 is 0 Å². The van der Waals surface area contributed by atoms with Crippen LogP contribution in [0.3, 0.4) is 0 Å².